The quantitative estimate of drug-likeness (QED) is 0.448. The zero-order valence-electron chi connectivity index (χ0n) is 17.4. The van der Waals surface area contributed by atoms with Crippen LogP contribution in [-0.2, 0) is 16.2 Å². The van der Waals surface area contributed by atoms with E-state index in [9.17, 15) is 14.4 Å². The van der Waals surface area contributed by atoms with Crippen molar-refractivity contribution in [2.75, 3.05) is 11.9 Å². The Morgan fingerprint density at radius 1 is 1.00 bits per heavy atom. The number of carbonyl (C=O) groups is 3. The maximum absolute atomic E-state index is 12.7. The van der Waals surface area contributed by atoms with Gasteiger partial charge in [0.2, 0.25) is 5.91 Å². The highest BCUT2D eigenvalue weighted by molar-refractivity contribution is 8.18. The lowest BCUT2D eigenvalue weighted by Gasteiger charge is -2.12. The van der Waals surface area contributed by atoms with Gasteiger partial charge in [0.15, 0.2) is 0 Å². The molecule has 0 aromatic heterocycles. The molecule has 1 aliphatic heterocycles. The lowest BCUT2D eigenvalue weighted by atomic mass is 10.2. The van der Waals surface area contributed by atoms with Crippen molar-refractivity contribution in [1.29, 1.82) is 0 Å². The molecule has 3 aromatic carbocycles. The van der Waals surface area contributed by atoms with Gasteiger partial charge in [-0.05, 0) is 65.4 Å². The fourth-order valence-corrected chi connectivity index (χ4v) is 4.06. The summed E-state index contributed by atoms with van der Waals surface area (Å²) in [5.74, 6) is -0.335. The van der Waals surface area contributed by atoms with Crippen LogP contribution in [0.15, 0.2) is 83.8 Å². The van der Waals surface area contributed by atoms with Crippen molar-refractivity contribution in [3.05, 3.63) is 99.9 Å². The van der Waals surface area contributed by atoms with Gasteiger partial charge < -0.3 is 10.1 Å². The Kier molecular flexibility index (Phi) is 7.12. The molecule has 3 aromatic rings. The molecule has 6 nitrogen and oxygen atoms in total. The second kappa shape index (κ2) is 10.4. The summed E-state index contributed by atoms with van der Waals surface area (Å²) < 4.78 is 5.82. The Morgan fingerprint density at radius 2 is 1.76 bits per heavy atom. The van der Waals surface area contributed by atoms with Gasteiger partial charge in [-0.3, -0.25) is 19.3 Å². The van der Waals surface area contributed by atoms with Crippen LogP contribution in [-0.4, -0.2) is 28.5 Å². The lowest BCUT2D eigenvalue weighted by Crippen LogP contribution is -2.36. The number of anilines is 1. The maximum Gasteiger partial charge on any atom is 0.294 e. The summed E-state index contributed by atoms with van der Waals surface area (Å²) in [5.41, 5.74) is 2.29. The Hall–Kier alpha value is -3.55. The number of rotatable bonds is 7. The molecule has 166 valence electrons. The standard InChI is InChI=1S/C25H19ClN2O4S/c26-19-9-11-20(12-10-19)27-23(29)15-28-24(30)22(33-25(28)31)14-18-7-4-8-21(13-18)32-16-17-5-2-1-3-6-17/h1-14H,15-16H2,(H,27,29)/b22-14-. The molecule has 1 fully saturated rings. The van der Waals surface area contributed by atoms with Gasteiger partial charge >= 0.3 is 0 Å². The molecule has 8 heteroatoms. The van der Waals surface area contributed by atoms with Crippen molar-refractivity contribution < 1.29 is 19.1 Å². The van der Waals surface area contributed by atoms with E-state index in [0.717, 1.165) is 27.8 Å². The Morgan fingerprint density at radius 3 is 2.52 bits per heavy atom. The first-order chi connectivity index (χ1) is 16.0. The number of hydrogen-bond donors (Lipinski definition) is 1. The Balaban J connectivity index is 1.39. The van der Waals surface area contributed by atoms with Crippen LogP contribution in [0.3, 0.4) is 0 Å². The molecule has 0 aliphatic carbocycles. The maximum atomic E-state index is 12.7. The van der Waals surface area contributed by atoms with E-state index in [1.807, 2.05) is 48.5 Å². The smallest absolute Gasteiger partial charge is 0.294 e. The van der Waals surface area contributed by atoms with Crippen LogP contribution in [0.5, 0.6) is 5.75 Å². The first-order valence-corrected chi connectivity index (χ1v) is 11.2. The summed E-state index contributed by atoms with van der Waals surface area (Å²) in [6.07, 6.45) is 1.62. The highest BCUT2D eigenvalue weighted by Gasteiger charge is 2.36. The van der Waals surface area contributed by atoms with Crippen molar-refractivity contribution in [2.45, 2.75) is 6.61 Å². The molecule has 1 saturated heterocycles. The first kappa shape index (κ1) is 22.6. The van der Waals surface area contributed by atoms with E-state index in [0.29, 0.717) is 23.1 Å². The van der Waals surface area contributed by atoms with Crippen molar-refractivity contribution in [3.63, 3.8) is 0 Å². The predicted octanol–water partition coefficient (Wildman–Crippen LogP) is 5.59. The number of benzene rings is 3. The zero-order chi connectivity index (χ0) is 23.2. The fourth-order valence-electron chi connectivity index (χ4n) is 3.10. The van der Waals surface area contributed by atoms with Crippen molar-refractivity contribution in [1.82, 2.24) is 4.90 Å². The van der Waals surface area contributed by atoms with Gasteiger partial charge in [0.1, 0.15) is 18.9 Å². The highest BCUT2D eigenvalue weighted by atomic mass is 35.5. The Labute approximate surface area is 200 Å². The minimum Gasteiger partial charge on any atom is -0.489 e. The third kappa shape index (κ3) is 6.03. The molecular formula is C25H19ClN2O4S. The van der Waals surface area contributed by atoms with Gasteiger partial charge in [-0.25, -0.2) is 0 Å². The summed E-state index contributed by atoms with van der Waals surface area (Å²) in [4.78, 5) is 38.6. The van der Waals surface area contributed by atoms with E-state index < -0.39 is 17.1 Å². The van der Waals surface area contributed by atoms with Crippen molar-refractivity contribution in [3.8, 4) is 5.75 Å². The number of thioether (sulfide) groups is 1. The number of carbonyl (C=O) groups excluding carboxylic acids is 3. The molecule has 33 heavy (non-hydrogen) atoms. The second-order valence-corrected chi connectivity index (χ2v) is 8.60. The summed E-state index contributed by atoms with van der Waals surface area (Å²) >= 11 is 6.64. The monoisotopic (exact) mass is 478 g/mol. The van der Waals surface area contributed by atoms with Crippen molar-refractivity contribution in [2.24, 2.45) is 0 Å². The van der Waals surface area contributed by atoms with Crippen LogP contribution in [0.1, 0.15) is 11.1 Å². The van der Waals surface area contributed by atoms with Gasteiger partial charge in [0.05, 0.1) is 4.91 Å². The van der Waals surface area contributed by atoms with E-state index in [1.165, 1.54) is 0 Å². The molecule has 4 rings (SSSR count). The third-order valence-corrected chi connectivity index (χ3v) is 5.87. The van der Waals surface area contributed by atoms with E-state index in [2.05, 4.69) is 5.32 Å². The molecule has 1 heterocycles. The molecule has 0 bridgehead atoms. The molecule has 0 unspecified atom stereocenters. The van der Waals surface area contributed by atoms with Crippen LogP contribution < -0.4 is 10.1 Å². The first-order valence-electron chi connectivity index (χ1n) is 10.1. The van der Waals surface area contributed by atoms with Crippen LogP contribution in [0.25, 0.3) is 6.08 Å². The topological polar surface area (TPSA) is 75.7 Å². The summed E-state index contributed by atoms with van der Waals surface area (Å²) in [5, 5.41) is 2.70. The number of ether oxygens (including phenoxy) is 1. The fraction of sp³-hybridized carbons (Fsp3) is 0.0800. The van der Waals surface area contributed by atoms with E-state index in [4.69, 9.17) is 16.3 Å². The minimum atomic E-state index is -0.508. The third-order valence-electron chi connectivity index (χ3n) is 4.71. The molecule has 0 atom stereocenters. The number of nitrogens with zero attached hydrogens (tertiary/aromatic N) is 1. The second-order valence-electron chi connectivity index (χ2n) is 7.17. The summed E-state index contributed by atoms with van der Waals surface area (Å²) in [7, 11) is 0. The highest BCUT2D eigenvalue weighted by Crippen LogP contribution is 2.32. The summed E-state index contributed by atoms with van der Waals surface area (Å²) in [6.45, 7) is 0.0500. The average molecular weight is 479 g/mol. The number of hydrogen-bond acceptors (Lipinski definition) is 5. The normalized spacial score (nSPS) is 14.6. The lowest BCUT2D eigenvalue weighted by molar-refractivity contribution is -0.127. The molecular weight excluding hydrogens is 460 g/mol. The molecule has 1 aliphatic rings. The van der Waals surface area contributed by atoms with Crippen LogP contribution >= 0.6 is 23.4 Å². The summed E-state index contributed by atoms with van der Waals surface area (Å²) in [6, 6.07) is 23.6. The van der Waals surface area contributed by atoms with Crippen LogP contribution in [0.4, 0.5) is 10.5 Å². The van der Waals surface area contributed by atoms with Gasteiger partial charge in [-0.1, -0.05) is 54.1 Å². The van der Waals surface area contributed by atoms with E-state index in [1.54, 1.807) is 36.4 Å². The van der Waals surface area contributed by atoms with Gasteiger partial charge in [0.25, 0.3) is 11.1 Å². The SMILES string of the molecule is O=C(CN1C(=O)S/C(=C\c2cccc(OCc3ccccc3)c2)C1=O)Nc1ccc(Cl)cc1. The van der Waals surface area contributed by atoms with E-state index in [-0.39, 0.29) is 11.4 Å². The van der Waals surface area contributed by atoms with E-state index >= 15 is 0 Å². The van der Waals surface area contributed by atoms with Crippen LogP contribution in [0, 0.1) is 0 Å². The van der Waals surface area contributed by atoms with Crippen molar-refractivity contribution >= 4 is 52.2 Å². The number of amides is 3. The molecule has 1 N–H and O–H groups in total. The molecule has 0 spiro atoms. The molecule has 0 radical (unpaired) electrons. The average Bonchev–Trinajstić information content (AvgIpc) is 3.07. The number of halogens is 1. The Bertz CT molecular complexity index is 1210. The van der Waals surface area contributed by atoms with Gasteiger partial charge in [0, 0.05) is 10.7 Å². The van der Waals surface area contributed by atoms with Crippen LogP contribution in [0.2, 0.25) is 5.02 Å². The van der Waals surface area contributed by atoms with Gasteiger partial charge in [-0.15, -0.1) is 0 Å². The largest absolute Gasteiger partial charge is 0.489 e. The zero-order valence-corrected chi connectivity index (χ0v) is 18.9. The molecule has 3 amide bonds. The molecule has 0 saturated carbocycles. The predicted molar refractivity (Wildman–Crippen MR) is 130 cm³/mol. The minimum absolute atomic E-state index is 0.250. The number of imide groups is 1. The van der Waals surface area contributed by atoms with Gasteiger partial charge in [-0.2, -0.15) is 0 Å². The number of nitrogens with one attached hydrogen (secondary N) is 1.